The zero-order valence-corrected chi connectivity index (χ0v) is 11.6. The van der Waals surface area contributed by atoms with Crippen molar-refractivity contribution in [3.05, 3.63) is 35.4 Å². The zero-order valence-electron chi connectivity index (χ0n) is 11.6. The first-order valence-corrected chi connectivity index (χ1v) is 7.20. The molecule has 0 aromatic heterocycles. The second kappa shape index (κ2) is 4.24. The minimum absolute atomic E-state index is 0.00690. The number of hydrogen-bond donors (Lipinski definition) is 2. The maximum Gasteiger partial charge on any atom is 0.166 e. The molecule has 20 heavy (non-hydrogen) atoms. The summed E-state index contributed by atoms with van der Waals surface area (Å²) in [5.41, 5.74) is 2.43. The Morgan fingerprint density at radius 3 is 3.20 bits per heavy atom. The van der Waals surface area contributed by atoms with E-state index in [1.165, 1.54) is 11.1 Å². The van der Waals surface area contributed by atoms with Gasteiger partial charge in [-0.25, -0.2) is 0 Å². The molecule has 0 fully saturated rings. The lowest BCUT2D eigenvalue weighted by Gasteiger charge is -2.35. The average Bonchev–Trinajstić information content (AvgIpc) is 2.66. The third kappa shape index (κ3) is 1.49. The number of rotatable bonds is 1. The average molecular weight is 273 g/mol. The molecule has 1 spiro atoms. The summed E-state index contributed by atoms with van der Waals surface area (Å²) in [6.07, 6.45) is 5.32. The highest BCUT2D eigenvalue weighted by Gasteiger charge is 2.52. The van der Waals surface area contributed by atoms with Gasteiger partial charge in [0.05, 0.1) is 18.6 Å². The Kier molecular flexibility index (Phi) is 2.59. The molecule has 0 bridgehead atoms. The van der Waals surface area contributed by atoms with Crippen molar-refractivity contribution in [2.24, 2.45) is 0 Å². The lowest BCUT2D eigenvalue weighted by Crippen LogP contribution is -2.42. The Hall–Kier alpha value is -1.52. The molecule has 0 saturated carbocycles. The quantitative estimate of drug-likeness (QED) is 0.762. The van der Waals surface area contributed by atoms with Crippen LogP contribution < -0.4 is 14.8 Å². The van der Waals surface area contributed by atoms with Gasteiger partial charge >= 0.3 is 0 Å². The molecule has 1 aliphatic carbocycles. The third-order valence-electron chi connectivity index (χ3n) is 4.83. The third-order valence-corrected chi connectivity index (χ3v) is 4.83. The number of ether oxygens (including phenoxy) is 2. The Morgan fingerprint density at radius 2 is 2.35 bits per heavy atom. The van der Waals surface area contributed by atoms with Crippen molar-refractivity contribution in [2.45, 2.75) is 37.0 Å². The smallest absolute Gasteiger partial charge is 0.166 e. The Labute approximate surface area is 118 Å². The standard InChI is InChI=1S/C16H19NO3/c1-19-12-3-2-10-9-17-7-6-16-5-4-11(18)8-13(16)20-15(12)14(10)16/h2-5,11,13,17-18H,6-9H2,1H3/t11?,13?,16-/m0/s1. The van der Waals surface area contributed by atoms with Gasteiger partial charge in [0.15, 0.2) is 11.5 Å². The molecule has 1 aromatic carbocycles. The highest BCUT2D eigenvalue weighted by Crippen LogP contribution is 2.55. The molecule has 4 heteroatoms. The van der Waals surface area contributed by atoms with Gasteiger partial charge in [-0.15, -0.1) is 0 Å². The van der Waals surface area contributed by atoms with Crippen LogP contribution in [0.4, 0.5) is 0 Å². The van der Waals surface area contributed by atoms with E-state index >= 15 is 0 Å². The van der Waals surface area contributed by atoms with Crippen LogP contribution in [0.25, 0.3) is 0 Å². The SMILES string of the molecule is COc1ccc2c3c1OC1CC(O)C=C[C@@]31CCNC2. The van der Waals surface area contributed by atoms with Crippen molar-refractivity contribution in [1.82, 2.24) is 5.32 Å². The van der Waals surface area contributed by atoms with E-state index in [4.69, 9.17) is 9.47 Å². The second-order valence-electron chi connectivity index (χ2n) is 5.87. The zero-order chi connectivity index (χ0) is 13.7. The van der Waals surface area contributed by atoms with Gasteiger partial charge in [-0.1, -0.05) is 18.2 Å². The van der Waals surface area contributed by atoms with E-state index in [-0.39, 0.29) is 11.5 Å². The van der Waals surface area contributed by atoms with Crippen LogP contribution in [0.5, 0.6) is 11.5 Å². The molecule has 4 rings (SSSR count). The van der Waals surface area contributed by atoms with Crippen LogP contribution in [0, 0.1) is 0 Å². The molecule has 2 unspecified atom stereocenters. The Balaban J connectivity index is 1.96. The largest absolute Gasteiger partial charge is 0.493 e. The molecular weight excluding hydrogens is 254 g/mol. The number of nitrogens with one attached hydrogen (secondary N) is 1. The van der Waals surface area contributed by atoms with Crippen LogP contribution in [0.15, 0.2) is 24.3 Å². The lowest BCUT2D eigenvalue weighted by molar-refractivity contribution is 0.0851. The highest BCUT2D eigenvalue weighted by atomic mass is 16.5. The number of hydrogen-bond acceptors (Lipinski definition) is 4. The first-order chi connectivity index (χ1) is 9.74. The molecule has 106 valence electrons. The highest BCUT2D eigenvalue weighted by molar-refractivity contribution is 5.60. The molecule has 0 amide bonds. The van der Waals surface area contributed by atoms with Crippen molar-refractivity contribution >= 4 is 0 Å². The molecule has 4 nitrogen and oxygen atoms in total. The normalized spacial score (nSPS) is 33.9. The van der Waals surface area contributed by atoms with E-state index in [1.807, 2.05) is 12.1 Å². The second-order valence-corrected chi connectivity index (χ2v) is 5.87. The van der Waals surface area contributed by atoms with Crippen molar-refractivity contribution < 1.29 is 14.6 Å². The number of benzene rings is 1. The first kappa shape index (κ1) is 12.2. The molecule has 0 radical (unpaired) electrons. The van der Waals surface area contributed by atoms with Crippen LogP contribution in [-0.4, -0.2) is 31.0 Å². The van der Waals surface area contributed by atoms with Gasteiger partial charge in [-0.3, -0.25) is 0 Å². The van der Waals surface area contributed by atoms with E-state index in [0.717, 1.165) is 31.0 Å². The molecule has 0 saturated heterocycles. The summed E-state index contributed by atoms with van der Waals surface area (Å²) in [5, 5.41) is 13.4. The summed E-state index contributed by atoms with van der Waals surface area (Å²) in [7, 11) is 1.68. The predicted molar refractivity (Wildman–Crippen MR) is 75.2 cm³/mol. The van der Waals surface area contributed by atoms with Crippen LogP contribution in [0.2, 0.25) is 0 Å². The van der Waals surface area contributed by atoms with Gasteiger partial charge in [0, 0.05) is 18.5 Å². The molecule has 3 atom stereocenters. The summed E-state index contributed by atoms with van der Waals surface area (Å²) in [5.74, 6) is 1.67. The molecule has 2 N–H and O–H groups in total. The van der Waals surface area contributed by atoms with Crippen molar-refractivity contribution in [1.29, 1.82) is 0 Å². The summed E-state index contributed by atoms with van der Waals surface area (Å²) in [4.78, 5) is 0. The number of aliphatic hydroxyl groups excluding tert-OH is 1. The van der Waals surface area contributed by atoms with Gasteiger partial charge in [0.2, 0.25) is 0 Å². The van der Waals surface area contributed by atoms with E-state index in [0.29, 0.717) is 6.42 Å². The summed E-state index contributed by atoms with van der Waals surface area (Å²) in [6, 6.07) is 4.11. The van der Waals surface area contributed by atoms with Crippen molar-refractivity contribution in [3.63, 3.8) is 0 Å². The van der Waals surface area contributed by atoms with Gasteiger partial charge in [0.25, 0.3) is 0 Å². The summed E-state index contributed by atoms with van der Waals surface area (Å²) < 4.78 is 11.7. The lowest BCUT2D eigenvalue weighted by atomic mass is 9.69. The Bertz CT molecular complexity index is 583. The number of aliphatic hydroxyl groups is 1. The molecule has 1 aromatic rings. The first-order valence-electron chi connectivity index (χ1n) is 7.20. The molecule has 2 aliphatic heterocycles. The maximum atomic E-state index is 9.92. The van der Waals surface area contributed by atoms with Gasteiger partial charge in [0.1, 0.15) is 6.10 Å². The topological polar surface area (TPSA) is 50.7 Å². The predicted octanol–water partition coefficient (Wildman–Crippen LogP) is 1.51. The van der Waals surface area contributed by atoms with Crippen molar-refractivity contribution in [2.75, 3.05) is 13.7 Å². The summed E-state index contributed by atoms with van der Waals surface area (Å²) >= 11 is 0. The van der Waals surface area contributed by atoms with Crippen LogP contribution in [0.1, 0.15) is 24.0 Å². The van der Waals surface area contributed by atoms with E-state index in [9.17, 15) is 5.11 Å². The van der Waals surface area contributed by atoms with Crippen LogP contribution in [0.3, 0.4) is 0 Å². The van der Waals surface area contributed by atoms with Crippen LogP contribution >= 0.6 is 0 Å². The Morgan fingerprint density at radius 1 is 1.45 bits per heavy atom. The molecule has 2 heterocycles. The minimum Gasteiger partial charge on any atom is -0.493 e. The molecular formula is C16H19NO3. The molecule has 3 aliphatic rings. The van der Waals surface area contributed by atoms with E-state index in [1.54, 1.807) is 7.11 Å². The van der Waals surface area contributed by atoms with E-state index in [2.05, 4.69) is 17.5 Å². The van der Waals surface area contributed by atoms with E-state index < -0.39 is 6.10 Å². The van der Waals surface area contributed by atoms with Gasteiger partial charge < -0.3 is 19.9 Å². The maximum absolute atomic E-state index is 9.92. The fourth-order valence-electron chi connectivity index (χ4n) is 3.87. The van der Waals surface area contributed by atoms with Crippen molar-refractivity contribution in [3.8, 4) is 11.5 Å². The number of methoxy groups -OCH3 is 1. The van der Waals surface area contributed by atoms with Crippen LogP contribution in [-0.2, 0) is 12.0 Å². The van der Waals surface area contributed by atoms with Gasteiger partial charge in [-0.05, 0) is 24.6 Å². The fraction of sp³-hybridized carbons (Fsp3) is 0.500. The monoisotopic (exact) mass is 273 g/mol. The summed E-state index contributed by atoms with van der Waals surface area (Å²) in [6.45, 7) is 1.82. The minimum atomic E-state index is -0.411. The fourth-order valence-corrected chi connectivity index (χ4v) is 3.87. The van der Waals surface area contributed by atoms with Gasteiger partial charge in [-0.2, -0.15) is 0 Å².